The van der Waals surface area contributed by atoms with E-state index in [-0.39, 0.29) is 22.5 Å². The van der Waals surface area contributed by atoms with E-state index in [1.54, 1.807) is 6.92 Å². The van der Waals surface area contributed by atoms with Gasteiger partial charge in [-0.2, -0.15) is 8.78 Å². The standard InChI is InChI=1S/C14H16F2N6O3S/c1-2-18-13(24)19-10(23)7-26-14-21-20-11(22(14)17)8-3-5-9(6-4-8)25-12(15)16/h3-6,12H,2,7,17H2,1H3,(H2,18,19,23,24). The van der Waals surface area contributed by atoms with Gasteiger partial charge in [0.1, 0.15) is 5.75 Å². The van der Waals surface area contributed by atoms with Gasteiger partial charge in [-0.15, -0.1) is 10.2 Å². The Kier molecular flexibility index (Phi) is 6.72. The quantitative estimate of drug-likeness (QED) is 0.482. The molecule has 0 spiro atoms. The van der Waals surface area contributed by atoms with E-state index in [0.29, 0.717) is 12.1 Å². The maximum Gasteiger partial charge on any atom is 0.387 e. The number of carbonyl (C=O) groups is 2. The zero-order valence-corrected chi connectivity index (χ0v) is 14.4. The topological polar surface area (TPSA) is 124 Å². The first-order valence-corrected chi connectivity index (χ1v) is 8.35. The second kappa shape index (κ2) is 8.99. The summed E-state index contributed by atoms with van der Waals surface area (Å²) in [7, 11) is 0. The van der Waals surface area contributed by atoms with Crippen LogP contribution in [0.5, 0.6) is 5.75 Å². The van der Waals surface area contributed by atoms with E-state index in [0.717, 1.165) is 16.4 Å². The molecule has 1 heterocycles. The van der Waals surface area contributed by atoms with E-state index < -0.39 is 18.5 Å². The number of ether oxygens (including phenoxy) is 1. The van der Waals surface area contributed by atoms with Crippen LogP contribution in [0.1, 0.15) is 6.92 Å². The molecule has 2 rings (SSSR count). The molecule has 0 aliphatic heterocycles. The van der Waals surface area contributed by atoms with Gasteiger partial charge < -0.3 is 15.9 Å². The number of imide groups is 1. The van der Waals surface area contributed by atoms with Gasteiger partial charge in [-0.25, -0.2) is 9.47 Å². The van der Waals surface area contributed by atoms with Crippen molar-refractivity contribution in [2.24, 2.45) is 0 Å². The third-order valence-corrected chi connectivity index (χ3v) is 3.87. The number of thioether (sulfide) groups is 1. The minimum absolute atomic E-state index is 0.00321. The first-order valence-electron chi connectivity index (χ1n) is 7.37. The molecular formula is C14H16F2N6O3S. The third kappa shape index (κ3) is 5.31. The van der Waals surface area contributed by atoms with Crippen LogP contribution < -0.4 is 21.2 Å². The molecule has 0 bridgehead atoms. The van der Waals surface area contributed by atoms with Crippen molar-refractivity contribution in [3.8, 4) is 17.1 Å². The molecule has 12 heteroatoms. The summed E-state index contributed by atoms with van der Waals surface area (Å²) in [5, 5.41) is 12.6. The van der Waals surface area contributed by atoms with Gasteiger partial charge in [0.2, 0.25) is 11.1 Å². The van der Waals surface area contributed by atoms with E-state index in [9.17, 15) is 18.4 Å². The molecule has 4 N–H and O–H groups in total. The molecule has 3 amide bonds. The van der Waals surface area contributed by atoms with Gasteiger partial charge in [-0.3, -0.25) is 10.1 Å². The average Bonchev–Trinajstić information content (AvgIpc) is 2.94. The predicted molar refractivity (Wildman–Crippen MR) is 90.2 cm³/mol. The number of hydrogen-bond donors (Lipinski definition) is 3. The average molecular weight is 386 g/mol. The fourth-order valence-corrected chi connectivity index (χ4v) is 2.51. The molecule has 9 nitrogen and oxygen atoms in total. The second-order valence-electron chi connectivity index (χ2n) is 4.78. The summed E-state index contributed by atoms with van der Waals surface area (Å²) < 4.78 is 29.7. The molecule has 26 heavy (non-hydrogen) atoms. The number of halogens is 2. The maximum absolute atomic E-state index is 12.2. The monoisotopic (exact) mass is 386 g/mol. The highest BCUT2D eigenvalue weighted by atomic mass is 32.2. The number of hydrogen-bond acceptors (Lipinski definition) is 7. The summed E-state index contributed by atoms with van der Waals surface area (Å²) in [5.41, 5.74) is 0.528. The molecule has 2 aromatic rings. The number of urea groups is 1. The number of amides is 3. The van der Waals surface area contributed by atoms with Crippen LogP contribution in [0.15, 0.2) is 29.4 Å². The maximum atomic E-state index is 12.2. The van der Waals surface area contributed by atoms with E-state index >= 15 is 0 Å². The highest BCUT2D eigenvalue weighted by Crippen LogP contribution is 2.24. The number of alkyl halides is 2. The summed E-state index contributed by atoms with van der Waals surface area (Å²) in [6.45, 7) is -0.787. The van der Waals surface area contributed by atoms with Gasteiger partial charge in [0.25, 0.3) is 0 Å². The lowest BCUT2D eigenvalue weighted by Gasteiger charge is -2.06. The summed E-state index contributed by atoms with van der Waals surface area (Å²) >= 11 is 0.991. The molecule has 0 radical (unpaired) electrons. The van der Waals surface area contributed by atoms with Gasteiger partial charge in [-0.1, -0.05) is 11.8 Å². The van der Waals surface area contributed by atoms with E-state index in [2.05, 4.69) is 25.6 Å². The first kappa shape index (κ1) is 19.4. The SMILES string of the molecule is CCNC(=O)NC(=O)CSc1nnc(-c2ccc(OC(F)F)cc2)n1N. The number of carbonyl (C=O) groups excluding carboxylic acids is 2. The van der Waals surface area contributed by atoms with Crippen LogP contribution in [0, 0.1) is 0 Å². The van der Waals surface area contributed by atoms with Gasteiger partial charge in [0.05, 0.1) is 5.75 Å². The Hall–Kier alpha value is -2.89. The van der Waals surface area contributed by atoms with E-state index in [1.165, 1.54) is 24.3 Å². The summed E-state index contributed by atoms with van der Waals surface area (Å²) in [4.78, 5) is 22.9. The van der Waals surface area contributed by atoms with Crippen LogP contribution in [0.4, 0.5) is 13.6 Å². The molecule has 140 valence electrons. The Balaban J connectivity index is 1.99. The summed E-state index contributed by atoms with van der Waals surface area (Å²) in [6, 6.07) is 5.12. The van der Waals surface area contributed by atoms with Crippen molar-refractivity contribution in [2.75, 3.05) is 18.1 Å². The van der Waals surface area contributed by atoms with Crippen molar-refractivity contribution in [1.29, 1.82) is 0 Å². The fraction of sp³-hybridized carbons (Fsp3) is 0.286. The van der Waals surface area contributed by atoms with Crippen molar-refractivity contribution in [2.45, 2.75) is 18.7 Å². The number of benzene rings is 1. The molecule has 0 unspecified atom stereocenters. The highest BCUT2D eigenvalue weighted by Gasteiger charge is 2.15. The van der Waals surface area contributed by atoms with Crippen molar-refractivity contribution < 1.29 is 23.1 Å². The molecule has 0 saturated carbocycles. The Morgan fingerprint density at radius 2 is 2.00 bits per heavy atom. The first-order chi connectivity index (χ1) is 12.4. The lowest BCUT2D eigenvalue weighted by molar-refractivity contribution is -0.117. The molecule has 1 aromatic heterocycles. The van der Waals surface area contributed by atoms with Crippen LogP contribution in [0.2, 0.25) is 0 Å². The zero-order chi connectivity index (χ0) is 19.1. The smallest absolute Gasteiger partial charge is 0.387 e. The zero-order valence-electron chi connectivity index (χ0n) is 13.6. The number of rotatable bonds is 7. The molecule has 0 atom stereocenters. The normalized spacial score (nSPS) is 10.6. The number of nitrogens with two attached hydrogens (primary N) is 1. The molecule has 0 fully saturated rings. The van der Waals surface area contributed by atoms with E-state index in [4.69, 9.17) is 5.84 Å². The third-order valence-electron chi connectivity index (χ3n) is 2.92. The van der Waals surface area contributed by atoms with Crippen LogP contribution in [0.25, 0.3) is 11.4 Å². The highest BCUT2D eigenvalue weighted by molar-refractivity contribution is 7.99. The Morgan fingerprint density at radius 3 is 2.62 bits per heavy atom. The van der Waals surface area contributed by atoms with Crippen LogP contribution >= 0.6 is 11.8 Å². The van der Waals surface area contributed by atoms with Gasteiger partial charge >= 0.3 is 12.6 Å². The van der Waals surface area contributed by atoms with Crippen LogP contribution in [-0.2, 0) is 4.79 Å². The second-order valence-corrected chi connectivity index (χ2v) is 5.72. The van der Waals surface area contributed by atoms with Crippen molar-refractivity contribution in [3.05, 3.63) is 24.3 Å². The number of aromatic nitrogens is 3. The Bertz CT molecular complexity index is 769. The number of nitrogens with one attached hydrogen (secondary N) is 2. The van der Waals surface area contributed by atoms with Gasteiger partial charge in [0.15, 0.2) is 5.82 Å². The summed E-state index contributed by atoms with van der Waals surface area (Å²) in [6.07, 6.45) is 0. The number of nitrogens with zero attached hydrogens (tertiary/aromatic N) is 3. The van der Waals surface area contributed by atoms with Crippen molar-refractivity contribution >= 4 is 23.7 Å². The van der Waals surface area contributed by atoms with Gasteiger partial charge in [0, 0.05) is 12.1 Å². The molecule has 1 aromatic carbocycles. The Morgan fingerprint density at radius 1 is 1.31 bits per heavy atom. The predicted octanol–water partition coefficient (Wildman–Crippen LogP) is 1.20. The fourth-order valence-electron chi connectivity index (χ4n) is 1.86. The Labute approximate surface area is 151 Å². The largest absolute Gasteiger partial charge is 0.435 e. The minimum atomic E-state index is -2.91. The van der Waals surface area contributed by atoms with E-state index in [1.807, 2.05) is 0 Å². The lowest BCUT2D eigenvalue weighted by Crippen LogP contribution is -2.40. The molecule has 0 saturated heterocycles. The molecule has 0 aliphatic carbocycles. The van der Waals surface area contributed by atoms with Crippen LogP contribution in [0.3, 0.4) is 0 Å². The van der Waals surface area contributed by atoms with Gasteiger partial charge in [-0.05, 0) is 31.2 Å². The molecular weight excluding hydrogens is 370 g/mol. The number of nitrogen functional groups attached to an aromatic ring is 1. The molecule has 0 aliphatic rings. The summed E-state index contributed by atoms with van der Waals surface area (Å²) in [5.74, 6) is 5.57. The lowest BCUT2D eigenvalue weighted by atomic mass is 10.2. The van der Waals surface area contributed by atoms with Crippen LogP contribution in [-0.4, -0.2) is 45.7 Å². The van der Waals surface area contributed by atoms with Crippen molar-refractivity contribution in [3.63, 3.8) is 0 Å². The minimum Gasteiger partial charge on any atom is -0.435 e. The van der Waals surface area contributed by atoms with Crippen molar-refractivity contribution in [1.82, 2.24) is 25.5 Å².